The Morgan fingerprint density at radius 2 is 1.89 bits per heavy atom. The monoisotopic (exact) mass is 276 g/mol. The molecule has 0 bridgehead atoms. The maximum Gasteiger partial charge on any atom is 0.317 e. The maximum absolute atomic E-state index is 11.5. The highest BCUT2D eigenvalue weighted by molar-refractivity contribution is 7.20. The molecular weight excluding hydrogens is 264 g/mol. The summed E-state index contributed by atoms with van der Waals surface area (Å²) < 4.78 is 0. The smallest absolute Gasteiger partial charge is 0.317 e. The zero-order valence-corrected chi connectivity index (χ0v) is 11.0. The lowest BCUT2D eigenvalue weighted by molar-refractivity contribution is 0.100. The van der Waals surface area contributed by atoms with Crippen LogP contribution in [0.2, 0.25) is 0 Å². The van der Waals surface area contributed by atoms with Gasteiger partial charge in [-0.05, 0) is 30.2 Å². The molecule has 2 heterocycles. The number of primary amides is 2. The molecule has 0 aliphatic heterocycles. The second-order valence-corrected chi connectivity index (χ2v) is 4.87. The van der Waals surface area contributed by atoms with Gasteiger partial charge in [-0.15, -0.1) is 11.3 Å². The molecule has 0 radical (unpaired) electrons. The van der Waals surface area contributed by atoms with E-state index in [1.54, 1.807) is 19.3 Å². The van der Waals surface area contributed by atoms with Crippen LogP contribution in [0.3, 0.4) is 0 Å². The van der Waals surface area contributed by atoms with Gasteiger partial charge in [0.2, 0.25) is 0 Å². The number of pyridine rings is 1. The van der Waals surface area contributed by atoms with Gasteiger partial charge in [-0.2, -0.15) is 0 Å². The number of carbonyl (C=O) groups is 2. The number of thiophene rings is 1. The van der Waals surface area contributed by atoms with E-state index in [9.17, 15) is 9.59 Å². The predicted molar refractivity (Wildman–Crippen MR) is 74.0 cm³/mol. The van der Waals surface area contributed by atoms with Crippen molar-refractivity contribution < 1.29 is 9.59 Å². The van der Waals surface area contributed by atoms with Crippen LogP contribution in [0.5, 0.6) is 0 Å². The number of nitrogens with one attached hydrogen (secondary N) is 1. The summed E-state index contributed by atoms with van der Waals surface area (Å²) in [5, 5.41) is 2.79. The van der Waals surface area contributed by atoms with Crippen LogP contribution in [-0.4, -0.2) is 16.9 Å². The number of hydrogen-bond donors (Lipinski definition) is 3. The third kappa shape index (κ3) is 2.55. The zero-order chi connectivity index (χ0) is 14.0. The summed E-state index contributed by atoms with van der Waals surface area (Å²) in [6.07, 6.45) is 3.30. The van der Waals surface area contributed by atoms with Crippen molar-refractivity contribution in [3.63, 3.8) is 0 Å². The fraction of sp³-hybridized carbons (Fsp3) is 0.0833. The number of rotatable bonds is 3. The van der Waals surface area contributed by atoms with E-state index in [1.807, 2.05) is 12.1 Å². The molecule has 0 aliphatic carbocycles. The van der Waals surface area contributed by atoms with Crippen molar-refractivity contribution in [2.24, 2.45) is 11.5 Å². The fourth-order valence-electron chi connectivity index (χ4n) is 1.79. The highest BCUT2D eigenvalue weighted by atomic mass is 32.1. The van der Waals surface area contributed by atoms with Crippen LogP contribution < -0.4 is 16.8 Å². The van der Waals surface area contributed by atoms with Gasteiger partial charge >= 0.3 is 6.03 Å². The van der Waals surface area contributed by atoms with Gasteiger partial charge in [-0.3, -0.25) is 15.1 Å². The minimum Gasteiger partial charge on any atom is -0.365 e. The van der Waals surface area contributed by atoms with Crippen LogP contribution in [0.25, 0.3) is 10.4 Å². The first-order valence-corrected chi connectivity index (χ1v) is 6.22. The molecule has 0 aromatic carbocycles. The molecule has 2 aromatic rings. The third-order valence-electron chi connectivity index (χ3n) is 2.57. The molecule has 0 spiro atoms. The number of nitrogens with zero attached hydrogens (tertiary/aromatic N) is 1. The summed E-state index contributed by atoms with van der Waals surface area (Å²) in [4.78, 5) is 27.2. The molecule has 2 rings (SSSR count). The Morgan fingerprint density at radius 1 is 1.26 bits per heavy atom. The normalized spacial score (nSPS) is 10.2. The maximum atomic E-state index is 11.5. The number of amides is 3. The standard InChI is InChI=1S/C12H12N4O2S/c1-6-8(10(13)17)11(16-12(14)18)19-9(6)7-2-4-15-5-3-7/h2-5H,1H3,(H2,13,17)(H3,14,16,18). The Bertz CT molecular complexity index is 637. The summed E-state index contributed by atoms with van der Waals surface area (Å²) in [7, 11) is 0. The van der Waals surface area contributed by atoms with E-state index in [1.165, 1.54) is 11.3 Å². The summed E-state index contributed by atoms with van der Waals surface area (Å²) in [6, 6.07) is 2.90. The first-order chi connectivity index (χ1) is 9.00. The van der Waals surface area contributed by atoms with E-state index >= 15 is 0 Å². The van der Waals surface area contributed by atoms with Crippen molar-refractivity contribution in [2.45, 2.75) is 6.92 Å². The van der Waals surface area contributed by atoms with Gasteiger partial charge in [-0.1, -0.05) is 0 Å². The molecule has 2 aromatic heterocycles. The van der Waals surface area contributed by atoms with Crippen LogP contribution in [0.4, 0.5) is 9.80 Å². The van der Waals surface area contributed by atoms with Crippen LogP contribution >= 0.6 is 11.3 Å². The summed E-state index contributed by atoms with van der Waals surface area (Å²) >= 11 is 1.26. The quantitative estimate of drug-likeness (QED) is 0.793. The first-order valence-electron chi connectivity index (χ1n) is 5.40. The number of urea groups is 1. The van der Waals surface area contributed by atoms with Gasteiger partial charge in [0.1, 0.15) is 5.00 Å². The highest BCUT2D eigenvalue weighted by Gasteiger charge is 2.20. The Hall–Kier alpha value is -2.41. The number of nitrogens with two attached hydrogens (primary N) is 2. The largest absolute Gasteiger partial charge is 0.365 e. The van der Waals surface area contributed by atoms with Gasteiger partial charge in [0.15, 0.2) is 0 Å². The Kier molecular flexibility index (Phi) is 3.48. The van der Waals surface area contributed by atoms with Crippen LogP contribution in [-0.2, 0) is 0 Å². The highest BCUT2D eigenvalue weighted by Crippen LogP contribution is 2.39. The molecule has 3 amide bonds. The molecule has 6 nitrogen and oxygen atoms in total. The predicted octanol–water partition coefficient (Wildman–Crippen LogP) is 1.71. The average molecular weight is 276 g/mol. The Balaban J connectivity index is 2.58. The van der Waals surface area contributed by atoms with E-state index in [0.29, 0.717) is 10.6 Å². The van der Waals surface area contributed by atoms with Crippen molar-refractivity contribution >= 4 is 28.3 Å². The third-order valence-corrected chi connectivity index (χ3v) is 3.83. The van der Waals surface area contributed by atoms with Gasteiger partial charge < -0.3 is 11.5 Å². The van der Waals surface area contributed by atoms with Crippen molar-refractivity contribution in [3.8, 4) is 10.4 Å². The van der Waals surface area contributed by atoms with Gasteiger partial charge in [0.05, 0.1) is 5.56 Å². The molecule has 5 N–H and O–H groups in total. The number of aromatic nitrogens is 1. The molecular formula is C12H12N4O2S. The van der Waals surface area contributed by atoms with E-state index < -0.39 is 11.9 Å². The van der Waals surface area contributed by atoms with Crippen molar-refractivity contribution in [1.82, 2.24) is 4.98 Å². The fourth-order valence-corrected chi connectivity index (χ4v) is 3.01. The second kappa shape index (κ2) is 5.07. The molecule has 0 unspecified atom stereocenters. The summed E-state index contributed by atoms with van der Waals surface area (Å²) in [5.74, 6) is -0.599. The van der Waals surface area contributed by atoms with E-state index in [4.69, 9.17) is 11.5 Å². The van der Waals surface area contributed by atoms with Gasteiger partial charge in [-0.25, -0.2) is 4.79 Å². The summed E-state index contributed by atoms with van der Waals surface area (Å²) in [6.45, 7) is 1.78. The second-order valence-electron chi connectivity index (χ2n) is 3.85. The Labute approximate surface area is 113 Å². The lowest BCUT2D eigenvalue weighted by Gasteiger charge is -2.01. The number of carbonyl (C=O) groups excluding carboxylic acids is 2. The molecule has 0 saturated heterocycles. The topological polar surface area (TPSA) is 111 Å². The SMILES string of the molecule is Cc1c(-c2ccncc2)sc(NC(N)=O)c1C(N)=O. The lowest BCUT2D eigenvalue weighted by atomic mass is 10.1. The van der Waals surface area contributed by atoms with Crippen molar-refractivity contribution in [2.75, 3.05) is 5.32 Å². The molecule has 0 fully saturated rings. The van der Waals surface area contributed by atoms with Crippen molar-refractivity contribution in [1.29, 1.82) is 0 Å². The minimum absolute atomic E-state index is 0.288. The zero-order valence-electron chi connectivity index (χ0n) is 10.1. The molecule has 0 saturated carbocycles. The van der Waals surface area contributed by atoms with Crippen LogP contribution in [0, 0.1) is 6.92 Å². The van der Waals surface area contributed by atoms with Gasteiger partial charge in [0.25, 0.3) is 5.91 Å². The summed E-state index contributed by atoms with van der Waals surface area (Å²) in [5.41, 5.74) is 12.3. The molecule has 98 valence electrons. The average Bonchev–Trinajstić information content (AvgIpc) is 2.66. The number of hydrogen-bond acceptors (Lipinski definition) is 4. The first kappa shape index (κ1) is 13.0. The van der Waals surface area contributed by atoms with Gasteiger partial charge in [0, 0.05) is 17.3 Å². The molecule has 0 atom stereocenters. The van der Waals surface area contributed by atoms with Crippen molar-refractivity contribution in [3.05, 3.63) is 35.7 Å². The number of anilines is 1. The molecule has 7 heteroatoms. The van der Waals surface area contributed by atoms with Crippen LogP contribution in [0.1, 0.15) is 15.9 Å². The van der Waals surface area contributed by atoms with Crippen LogP contribution in [0.15, 0.2) is 24.5 Å². The minimum atomic E-state index is -0.731. The molecule has 19 heavy (non-hydrogen) atoms. The Morgan fingerprint density at radius 3 is 2.42 bits per heavy atom. The lowest BCUT2D eigenvalue weighted by Crippen LogP contribution is -2.21. The van der Waals surface area contributed by atoms with E-state index in [0.717, 1.165) is 10.4 Å². The molecule has 0 aliphatic rings. The van der Waals surface area contributed by atoms with E-state index in [-0.39, 0.29) is 5.56 Å². The van der Waals surface area contributed by atoms with E-state index in [2.05, 4.69) is 10.3 Å².